The molecule has 1 aliphatic heterocycles. The van der Waals surface area contributed by atoms with Crippen LogP contribution >= 0.6 is 0 Å². The zero-order valence-corrected chi connectivity index (χ0v) is 20.0. The maximum atomic E-state index is 13.1. The Morgan fingerprint density at radius 3 is 2.43 bits per heavy atom. The normalized spacial score (nSPS) is 15.5. The van der Waals surface area contributed by atoms with E-state index >= 15 is 0 Å². The van der Waals surface area contributed by atoms with Crippen LogP contribution in [-0.4, -0.2) is 67.2 Å². The van der Waals surface area contributed by atoms with Crippen molar-refractivity contribution < 1.29 is 17.6 Å². The molecule has 5 rings (SSSR count). The molecule has 5 heterocycles. The zero-order valence-electron chi connectivity index (χ0n) is 20.0. The molecule has 35 heavy (non-hydrogen) atoms. The van der Waals surface area contributed by atoms with E-state index < -0.39 is 12.3 Å². The number of nitrogens with zero attached hydrogens (tertiary/aromatic N) is 7. The molecule has 4 aromatic rings. The molecule has 0 aromatic carbocycles. The lowest BCUT2D eigenvalue weighted by molar-refractivity contribution is -0.0571. The number of anilines is 2. The molecule has 190 valence electrons. The molecule has 0 saturated carbocycles. The van der Waals surface area contributed by atoms with Crippen molar-refractivity contribution in [2.75, 3.05) is 38.2 Å². The number of rotatable bonds is 3. The van der Waals surface area contributed by atoms with E-state index in [2.05, 4.69) is 25.5 Å². The third kappa shape index (κ3) is 5.78. The van der Waals surface area contributed by atoms with Gasteiger partial charge in [0.15, 0.2) is 11.5 Å². The van der Waals surface area contributed by atoms with Crippen LogP contribution in [0.4, 0.5) is 29.3 Å². The highest BCUT2D eigenvalue weighted by molar-refractivity contribution is 5.87. The first-order chi connectivity index (χ1) is 16.7. The Hall–Kier alpha value is -3.48. The Bertz CT molecular complexity index is 1270. The van der Waals surface area contributed by atoms with Gasteiger partial charge < -0.3 is 16.0 Å². The van der Waals surface area contributed by atoms with E-state index in [4.69, 9.17) is 5.73 Å². The number of nitrogens with one attached hydrogen (secondary N) is 1. The largest absolute Gasteiger partial charge is 0.371 e. The minimum Gasteiger partial charge on any atom is -0.371 e. The molecule has 0 amide bonds. The van der Waals surface area contributed by atoms with Gasteiger partial charge in [-0.05, 0) is 32.1 Å². The molecule has 3 N–H and O–H groups in total. The lowest BCUT2D eigenvalue weighted by Gasteiger charge is -2.28. The molecular formula is C22H29F4N9. The topological polar surface area (TPSA) is 102 Å². The van der Waals surface area contributed by atoms with Crippen molar-refractivity contribution in [3.63, 3.8) is 0 Å². The van der Waals surface area contributed by atoms with Crippen LogP contribution in [0, 0.1) is 0 Å². The summed E-state index contributed by atoms with van der Waals surface area (Å²) in [5.41, 5.74) is 7.43. The van der Waals surface area contributed by atoms with Gasteiger partial charge in [0.2, 0.25) is 5.95 Å². The minimum absolute atomic E-state index is 0.0625. The van der Waals surface area contributed by atoms with Crippen molar-refractivity contribution in [3.05, 3.63) is 36.3 Å². The van der Waals surface area contributed by atoms with E-state index in [1.807, 2.05) is 13.8 Å². The van der Waals surface area contributed by atoms with Gasteiger partial charge in [-0.1, -0.05) is 13.8 Å². The highest BCUT2D eigenvalue weighted by Gasteiger charge is 2.33. The van der Waals surface area contributed by atoms with Crippen molar-refractivity contribution in [2.24, 2.45) is 0 Å². The van der Waals surface area contributed by atoms with Crippen molar-refractivity contribution >= 4 is 22.9 Å². The molecule has 0 atom stereocenters. The van der Waals surface area contributed by atoms with E-state index in [-0.39, 0.29) is 30.1 Å². The van der Waals surface area contributed by atoms with Crippen LogP contribution in [0.5, 0.6) is 0 Å². The van der Waals surface area contributed by atoms with Crippen molar-refractivity contribution in [1.82, 2.24) is 34.1 Å². The van der Waals surface area contributed by atoms with Crippen LogP contribution in [0.25, 0.3) is 22.4 Å². The third-order valence-corrected chi connectivity index (χ3v) is 5.26. The average Bonchev–Trinajstić information content (AvgIpc) is 3.43. The van der Waals surface area contributed by atoms with E-state index in [1.54, 1.807) is 48.0 Å². The van der Waals surface area contributed by atoms with Crippen LogP contribution < -0.4 is 11.1 Å². The monoisotopic (exact) mass is 495 g/mol. The molecule has 0 aliphatic carbocycles. The average molecular weight is 496 g/mol. The van der Waals surface area contributed by atoms with E-state index in [0.717, 1.165) is 12.7 Å². The molecule has 1 saturated heterocycles. The molecule has 13 heteroatoms. The first-order valence-corrected chi connectivity index (χ1v) is 11.2. The number of likely N-dealkylation sites (tertiary alicyclic amines) is 1. The maximum absolute atomic E-state index is 13.1. The highest BCUT2D eigenvalue weighted by atomic mass is 19.3. The second kappa shape index (κ2) is 10.8. The number of fused-ring (bicyclic) bond motifs is 2. The summed E-state index contributed by atoms with van der Waals surface area (Å²) in [6, 6.07) is 3.47. The second-order valence-corrected chi connectivity index (χ2v) is 7.77. The number of hydrogen-bond donors (Lipinski definition) is 2. The summed E-state index contributed by atoms with van der Waals surface area (Å²) in [6.45, 7) is 4.75. The van der Waals surface area contributed by atoms with E-state index in [1.165, 1.54) is 4.52 Å². The predicted octanol–water partition coefficient (Wildman–Crippen LogP) is 4.37. The highest BCUT2D eigenvalue weighted by Crippen LogP contribution is 2.30. The number of hydrogen-bond acceptors (Lipinski definition) is 7. The third-order valence-electron chi connectivity index (χ3n) is 5.26. The van der Waals surface area contributed by atoms with Crippen molar-refractivity contribution in [2.45, 2.75) is 39.0 Å². The van der Waals surface area contributed by atoms with Gasteiger partial charge >= 0.3 is 0 Å². The first kappa shape index (κ1) is 26.1. The summed E-state index contributed by atoms with van der Waals surface area (Å²) < 4.78 is 53.9. The van der Waals surface area contributed by atoms with Crippen LogP contribution in [0.3, 0.4) is 0 Å². The van der Waals surface area contributed by atoms with Crippen LogP contribution in [-0.2, 0) is 0 Å². The number of nitrogens with two attached hydrogens (primary N) is 1. The molecular weight excluding hydrogens is 466 g/mol. The Morgan fingerprint density at radius 1 is 1.11 bits per heavy atom. The Morgan fingerprint density at radius 2 is 1.83 bits per heavy atom. The van der Waals surface area contributed by atoms with Crippen LogP contribution in [0.2, 0.25) is 0 Å². The fourth-order valence-corrected chi connectivity index (χ4v) is 3.77. The van der Waals surface area contributed by atoms with Gasteiger partial charge in [-0.25, -0.2) is 31.6 Å². The molecule has 4 aromatic heterocycles. The van der Waals surface area contributed by atoms with Gasteiger partial charge in [-0.15, -0.1) is 5.10 Å². The minimum atomic E-state index is -2.65. The molecule has 0 bridgehead atoms. The van der Waals surface area contributed by atoms with E-state index in [9.17, 15) is 17.6 Å². The van der Waals surface area contributed by atoms with Gasteiger partial charge in [0, 0.05) is 31.4 Å². The standard InChI is InChI=1S/C14H12F2N8.C6H11F2N.C2H6/c1-18-12-10-7(2-4-23(10)22-14(17)21-12)9-3-5-24-13(20-9)8(6-19-24)11(15)16;1-9-4-2-3-6(7,8)5-9;1-2/h2-6,11H,1H3,(H3,17,18,21,22);2-5H2,1H3;1-2H3. The van der Waals surface area contributed by atoms with Crippen LogP contribution in [0.1, 0.15) is 38.7 Å². The first-order valence-electron chi connectivity index (χ1n) is 11.2. The summed E-state index contributed by atoms with van der Waals surface area (Å²) in [5, 5.41) is 10.9. The van der Waals surface area contributed by atoms with E-state index in [0.29, 0.717) is 29.0 Å². The fraction of sp³-hybridized carbons (Fsp3) is 0.455. The summed E-state index contributed by atoms with van der Waals surface area (Å²) in [4.78, 5) is 10.2. The fourth-order valence-electron chi connectivity index (χ4n) is 3.77. The second-order valence-electron chi connectivity index (χ2n) is 7.77. The molecule has 0 unspecified atom stereocenters. The van der Waals surface area contributed by atoms with Crippen molar-refractivity contribution in [3.8, 4) is 11.3 Å². The zero-order chi connectivity index (χ0) is 25.8. The van der Waals surface area contributed by atoms with Crippen molar-refractivity contribution in [1.29, 1.82) is 0 Å². The summed E-state index contributed by atoms with van der Waals surface area (Å²) in [5.74, 6) is -1.78. The molecule has 0 radical (unpaired) electrons. The Kier molecular flexibility index (Phi) is 8.10. The summed E-state index contributed by atoms with van der Waals surface area (Å²) in [7, 11) is 3.44. The summed E-state index contributed by atoms with van der Waals surface area (Å²) >= 11 is 0. The van der Waals surface area contributed by atoms with Gasteiger partial charge in [0.05, 0.1) is 24.0 Å². The number of aromatic nitrogens is 6. The maximum Gasteiger partial charge on any atom is 0.269 e. The smallest absolute Gasteiger partial charge is 0.269 e. The quantitative estimate of drug-likeness (QED) is 0.407. The number of nitrogen functional groups attached to an aromatic ring is 1. The molecule has 1 fully saturated rings. The SMILES string of the molecule is CC.CN1CCCC(F)(F)C1.CNc1nc(N)nn2ccc(-c3ccn4ncc(C(F)F)c4n3)c12. The number of halogens is 4. The molecule has 1 aliphatic rings. The van der Waals surface area contributed by atoms with Gasteiger partial charge in [0.1, 0.15) is 5.52 Å². The predicted molar refractivity (Wildman–Crippen MR) is 127 cm³/mol. The van der Waals surface area contributed by atoms with Gasteiger partial charge in [-0.3, -0.25) is 0 Å². The lowest BCUT2D eigenvalue weighted by atomic mass is 10.1. The summed E-state index contributed by atoms with van der Waals surface area (Å²) in [6.07, 6.45) is 2.47. The van der Waals surface area contributed by atoms with Gasteiger partial charge in [-0.2, -0.15) is 10.1 Å². The molecule has 0 spiro atoms. The number of piperidine rings is 1. The Balaban J connectivity index is 0.000000262. The molecule has 9 nitrogen and oxygen atoms in total. The lowest BCUT2D eigenvalue weighted by Crippen LogP contribution is -2.39. The van der Waals surface area contributed by atoms with Gasteiger partial charge in [0.25, 0.3) is 12.3 Å². The Labute approximate surface area is 200 Å². The van der Waals surface area contributed by atoms with Crippen LogP contribution in [0.15, 0.2) is 30.7 Å². The number of alkyl halides is 4.